The minimum atomic E-state index is 0.617. The Labute approximate surface area is 183 Å². The van der Waals surface area contributed by atoms with Gasteiger partial charge in [-0.05, 0) is 59.7 Å². The molecule has 0 unspecified atom stereocenters. The van der Waals surface area contributed by atoms with Gasteiger partial charge in [0, 0.05) is 13.1 Å². The summed E-state index contributed by atoms with van der Waals surface area (Å²) in [6.07, 6.45) is 0. The van der Waals surface area contributed by atoms with E-state index in [4.69, 9.17) is 26.4 Å². The van der Waals surface area contributed by atoms with Crippen molar-refractivity contribution in [2.24, 2.45) is 0 Å². The second kappa shape index (κ2) is 10.5. The molecule has 0 saturated carbocycles. The van der Waals surface area contributed by atoms with Crippen molar-refractivity contribution >= 4 is 23.0 Å². The van der Waals surface area contributed by atoms with Crippen LogP contribution in [-0.2, 0) is 13.1 Å². The lowest BCUT2D eigenvalue weighted by atomic mass is 10.1. The Hall–Kier alpha value is -3.25. The fraction of sp³-hybridized carbons (Fsp3) is 0.208. The molecule has 0 fully saturated rings. The largest absolute Gasteiger partial charge is 0.497 e. The number of methoxy groups -OCH3 is 3. The summed E-state index contributed by atoms with van der Waals surface area (Å²) in [5, 5.41) is 3.95. The van der Waals surface area contributed by atoms with Gasteiger partial charge in [0.2, 0.25) is 0 Å². The molecular weight excluding hydrogens is 396 g/mol. The smallest absolute Gasteiger partial charge is 0.174 e. The molecule has 0 bridgehead atoms. The predicted octanol–water partition coefficient (Wildman–Crippen LogP) is 5.11. The molecule has 0 aliphatic rings. The van der Waals surface area contributed by atoms with Crippen LogP contribution in [0.3, 0.4) is 0 Å². The highest BCUT2D eigenvalue weighted by atomic mass is 32.1. The second-order valence-corrected chi connectivity index (χ2v) is 7.07. The van der Waals surface area contributed by atoms with Gasteiger partial charge in [-0.3, -0.25) is 0 Å². The maximum absolute atomic E-state index is 5.77. The summed E-state index contributed by atoms with van der Waals surface area (Å²) in [6, 6.07) is 23.7. The van der Waals surface area contributed by atoms with E-state index in [-0.39, 0.29) is 0 Å². The summed E-state index contributed by atoms with van der Waals surface area (Å²) in [4.78, 5) is 2.12. The summed E-state index contributed by atoms with van der Waals surface area (Å²) in [7, 11) is 4.98. The summed E-state index contributed by atoms with van der Waals surface area (Å²) < 4.78 is 16.0. The van der Waals surface area contributed by atoms with Crippen LogP contribution in [0.1, 0.15) is 11.1 Å². The zero-order valence-corrected chi connectivity index (χ0v) is 18.2. The van der Waals surface area contributed by atoms with Crippen molar-refractivity contribution in [3.05, 3.63) is 83.9 Å². The van der Waals surface area contributed by atoms with Crippen molar-refractivity contribution in [2.45, 2.75) is 13.1 Å². The molecule has 156 valence electrons. The fourth-order valence-electron chi connectivity index (χ4n) is 3.04. The van der Waals surface area contributed by atoms with Gasteiger partial charge >= 0.3 is 0 Å². The molecule has 0 aromatic heterocycles. The Kier molecular flexibility index (Phi) is 7.51. The van der Waals surface area contributed by atoms with Crippen LogP contribution in [-0.4, -0.2) is 31.3 Å². The lowest BCUT2D eigenvalue weighted by Crippen LogP contribution is -2.34. The molecule has 3 aromatic carbocycles. The first-order valence-electron chi connectivity index (χ1n) is 9.57. The molecule has 3 aromatic rings. The number of thiocarbonyl (C=S) groups is 1. The number of anilines is 1. The Morgan fingerprint density at radius 1 is 0.733 bits per heavy atom. The topological polar surface area (TPSA) is 43.0 Å². The van der Waals surface area contributed by atoms with Gasteiger partial charge in [-0.15, -0.1) is 0 Å². The quantitative estimate of drug-likeness (QED) is 0.509. The number of para-hydroxylation sites is 2. The predicted molar refractivity (Wildman–Crippen MR) is 124 cm³/mol. The first kappa shape index (κ1) is 21.5. The summed E-state index contributed by atoms with van der Waals surface area (Å²) in [5.74, 6) is 2.40. The summed E-state index contributed by atoms with van der Waals surface area (Å²) in [5.41, 5.74) is 3.10. The van der Waals surface area contributed by atoms with Crippen LogP contribution in [0.2, 0.25) is 0 Å². The third-order valence-electron chi connectivity index (χ3n) is 4.70. The van der Waals surface area contributed by atoms with E-state index in [2.05, 4.69) is 10.2 Å². The van der Waals surface area contributed by atoms with Crippen LogP contribution in [0, 0.1) is 0 Å². The number of nitrogens with zero attached hydrogens (tertiary/aromatic N) is 1. The summed E-state index contributed by atoms with van der Waals surface area (Å²) in [6.45, 7) is 1.30. The van der Waals surface area contributed by atoms with Gasteiger partial charge in [0.1, 0.15) is 17.2 Å². The molecule has 0 aliphatic heterocycles. The van der Waals surface area contributed by atoms with Crippen LogP contribution in [0.5, 0.6) is 17.2 Å². The SMILES string of the molecule is COc1ccc(CN(Cc2ccc(OC)cc2)C(=S)Nc2ccccc2OC)cc1. The number of rotatable bonds is 8. The zero-order valence-electron chi connectivity index (χ0n) is 17.4. The normalized spacial score (nSPS) is 10.2. The number of ether oxygens (including phenoxy) is 3. The first-order valence-corrected chi connectivity index (χ1v) is 9.98. The van der Waals surface area contributed by atoms with Gasteiger partial charge in [0.25, 0.3) is 0 Å². The lowest BCUT2D eigenvalue weighted by molar-refractivity contribution is 0.403. The van der Waals surface area contributed by atoms with Gasteiger partial charge in [0.05, 0.1) is 27.0 Å². The third kappa shape index (κ3) is 5.64. The minimum absolute atomic E-state index is 0.617. The van der Waals surface area contributed by atoms with E-state index in [1.54, 1.807) is 21.3 Å². The maximum atomic E-state index is 5.77. The zero-order chi connectivity index (χ0) is 21.3. The maximum Gasteiger partial charge on any atom is 0.174 e. The molecular formula is C24H26N2O3S. The van der Waals surface area contributed by atoms with Gasteiger partial charge in [-0.25, -0.2) is 0 Å². The van der Waals surface area contributed by atoms with Crippen molar-refractivity contribution in [3.8, 4) is 17.2 Å². The van der Waals surface area contributed by atoms with Crippen LogP contribution < -0.4 is 19.5 Å². The molecule has 30 heavy (non-hydrogen) atoms. The van der Waals surface area contributed by atoms with Crippen molar-refractivity contribution in [1.29, 1.82) is 0 Å². The molecule has 1 N–H and O–H groups in total. The molecule has 0 aliphatic carbocycles. The van der Waals surface area contributed by atoms with E-state index in [0.29, 0.717) is 18.2 Å². The Bertz CT molecular complexity index is 909. The monoisotopic (exact) mass is 422 g/mol. The molecule has 0 heterocycles. The van der Waals surface area contributed by atoms with Crippen molar-refractivity contribution in [2.75, 3.05) is 26.6 Å². The van der Waals surface area contributed by atoms with Gasteiger partial charge < -0.3 is 24.4 Å². The van der Waals surface area contributed by atoms with Gasteiger partial charge in [0.15, 0.2) is 5.11 Å². The number of nitrogens with one attached hydrogen (secondary N) is 1. The standard InChI is InChI=1S/C24H26N2O3S/c1-27-20-12-8-18(9-13-20)16-26(17-19-10-14-21(28-2)15-11-19)24(30)25-22-6-4-5-7-23(22)29-3/h4-15H,16-17H2,1-3H3,(H,25,30). The van der Waals surface area contributed by atoms with E-state index in [9.17, 15) is 0 Å². The first-order chi connectivity index (χ1) is 14.6. The molecule has 0 spiro atoms. The third-order valence-corrected chi connectivity index (χ3v) is 5.06. The van der Waals surface area contributed by atoms with E-state index in [1.165, 1.54) is 0 Å². The molecule has 0 saturated heterocycles. The Morgan fingerprint density at radius 2 is 1.23 bits per heavy atom. The van der Waals surface area contributed by atoms with Crippen molar-refractivity contribution in [1.82, 2.24) is 4.90 Å². The number of hydrogen-bond donors (Lipinski definition) is 1. The number of benzene rings is 3. The van der Waals surface area contributed by atoms with Crippen LogP contribution in [0.25, 0.3) is 0 Å². The molecule has 0 atom stereocenters. The highest BCUT2D eigenvalue weighted by molar-refractivity contribution is 7.80. The molecule has 0 amide bonds. The Morgan fingerprint density at radius 3 is 1.70 bits per heavy atom. The summed E-state index contributed by atoms with van der Waals surface area (Å²) >= 11 is 5.77. The molecule has 5 nitrogen and oxygen atoms in total. The average molecular weight is 423 g/mol. The highest BCUT2D eigenvalue weighted by Crippen LogP contribution is 2.24. The van der Waals surface area contributed by atoms with Crippen LogP contribution in [0.4, 0.5) is 5.69 Å². The molecule has 6 heteroatoms. The van der Waals surface area contributed by atoms with E-state index < -0.39 is 0 Å². The fourth-order valence-corrected chi connectivity index (χ4v) is 3.28. The highest BCUT2D eigenvalue weighted by Gasteiger charge is 2.14. The Balaban J connectivity index is 1.81. The van der Waals surface area contributed by atoms with E-state index >= 15 is 0 Å². The minimum Gasteiger partial charge on any atom is -0.497 e. The van der Waals surface area contributed by atoms with Crippen LogP contribution >= 0.6 is 12.2 Å². The lowest BCUT2D eigenvalue weighted by Gasteiger charge is -2.27. The molecule has 0 radical (unpaired) electrons. The second-order valence-electron chi connectivity index (χ2n) is 6.68. The van der Waals surface area contributed by atoms with Crippen LogP contribution in [0.15, 0.2) is 72.8 Å². The van der Waals surface area contributed by atoms with Gasteiger partial charge in [-0.1, -0.05) is 36.4 Å². The molecule has 3 rings (SSSR count). The van der Waals surface area contributed by atoms with Gasteiger partial charge in [-0.2, -0.15) is 0 Å². The van der Waals surface area contributed by atoms with Crippen molar-refractivity contribution in [3.63, 3.8) is 0 Å². The number of hydrogen-bond acceptors (Lipinski definition) is 4. The van der Waals surface area contributed by atoms with Crippen molar-refractivity contribution < 1.29 is 14.2 Å². The van der Waals surface area contributed by atoms with E-state index in [1.807, 2.05) is 72.8 Å². The average Bonchev–Trinajstić information content (AvgIpc) is 2.80. The van der Waals surface area contributed by atoms with E-state index in [0.717, 1.165) is 34.1 Å².